The number of carbonyl (C=O) groups excluding carboxylic acids is 2. The predicted octanol–water partition coefficient (Wildman–Crippen LogP) is 1.72. The third-order valence-electron chi connectivity index (χ3n) is 5.08. The van der Waals surface area contributed by atoms with Gasteiger partial charge in [-0.2, -0.15) is 0 Å². The summed E-state index contributed by atoms with van der Waals surface area (Å²) in [6.45, 7) is 2.06. The number of methoxy groups -OCH3 is 1. The fourth-order valence-electron chi connectivity index (χ4n) is 4.19. The molecule has 0 N–H and O–H groups in total. The molecular weight excluding hydrogens is 310 g/mol. The molecule has 1 aromatic carbocycles. The van der Waals surface area contributed by atoms with E-state index in [4.69, 9.17) is 14.2 Å². The predicted molar refractivity (Wildman–Crippen MR) is 84.3 cm³/mol. The molecule has 4 rings (SSSR count). The quantitative estimate of drug-likeness (QED) is 0.787. The van der Waals surface area contributed by atoms with Crippen LogP contribution < -0.4 is 0 Å². The number of cyclic esters (lactones) is 1. The SMILES string of the molecule is CCOC(=O)[C@H]1[C@@H]2[C@@H](OC)OC(=O)[C@@H]2[C@@H]2c3ccccc3C=CN12. The molecule has 6 nitrogen and oxygen atoms in total. The van der Waals surface area contributed by atoms with Crippen molar-refractivity contribution in [3.63, 3.8) is 0 Å². The average molecular weight is 329 g/mol. The summed E-state index contributed by atoms with van der Waals surface area (Å²) in [6.07, 6.45) is 3.11. The Morgan fingerprint density at radius 2 is 2.12 bits per heavy atom. The van der Waals surface area contributed by atoms with Gasteiger partial charge in [0.1, 0.15) is 6.04 Å². The highest BCUT2D eigenvalue weighted by molar-refractivity contribution is 5.84. The van der Waals surface area contributed by atoms with E-state index in [1.165, 1.54) is 7.11 Å². The Morgan fingerprint density at radius 3 is 2.88 bits per heavy atom. The number of carbonyl (C=O) groups is 2. The summed E-state index contributed by atoms with van der Waals surface area (Å²) in [4.78, 5) is 27.0. The summed E-state index contributed by atoms with van der Waals surface area (Å²) in [5.74, 6) is -1.50. The minimum absolute atomic E-state index is 0.238. The zero-order chi connectivity index (χ0) is 16.8. The van der Waals surface area contributed by atoms with Crippen LogP contribution in [0.25, 0.3) is 6.08 Å². The van der Waals surface area contributed by atoms with Crippen LogP contribution in [0, 0.1) is 11.8 Å². The zero-order valence-electron chi connectivity index (χ0n) is 13.5. The van der Waals surface area contributed by atoms with Crippen LogP contribution in [-0.2, 0) is 23.8 Å². The first-order chi connectivity index (χ1) is 11.7. The van der Waals surface area contributed by atoms with Gasteiger partial charge >= 0.3 is 11.9 Å². The fourth-order valence-corrected chi connectivity index (χ4v) is 4.19. The van der Waals surface area contributed by atoms with Gasteiger partial charge in [-0.1, -0.05) is 24.3 Å². The normalized spacial score (nSPS) is 32.8. The molecule has 0 saturated carbocycles. The molecule has 126 valence electrons. The Balaban J connectivity index is 1.82. The van der Waals surface area contributed by atoms with E-state index >= 15 is 0 Å². The highest BCUT2D eigenvalue weighted by Gasteiger charge is 2.64. The van der Waals surface area contributed by atoms with E-state index < -0.39 is 18.2 Å². The Labute approximate surface area is 140 Å². The topological polar surface area (TPSA) is 65.1 Å². The van der Waals surface area contributed by atoms with E-state index in [0.717, 1.165) is 11.1 Å². The molecule has 0 spiro atoms. The molecule has 0 amide bonds. The van der Waals surface area contributed by atoms with Crippen LogP contribution in [-0.4, -0.2) is 42.9 Å². The molecule has 0 aliphatic carbocycles. The number of nitrogens with zero attached hydrogens (tertiary/aromatic N) is 1. The van der Waals surface area contributed by atoms with Crippen LogP contribution in [0.5, 0.6) is 0 Å². The van der Waals surface area contributed by atoms with Crippen molar-refractivity contribution >= 4 is 18.0 Å². The lowest BCUT2D eigenvalue weighted by Gasteiger charge is -2.34. The molecule has 5 atom stereocenters. The van der Waals surface area contributed by atoms with Crippen LogP contribution in [0.2, 0.25) is 0 Å². The number of ether oxygens (including phenoxy) is 3. The molecule has 2 saturated heterocycles. The van der Waals surface area contributed by atoms with Crippen LogP contribution in [0.1, 0.15) is 24.1 Å². The minimum atomic E-state index is -0.733. The number of hydrogen-bond acceptors (Lipinski definition) is 6. The van der Waals surface area contributed by atoms with Crippen molar-refractivity contribution in [1.82, 2.24) is 4.90 Å². The maximum absolute atomic E-state index is 12.6. The highest BCUT2D eigenvalue weighted by atomic mass is 16.7. The summed E-state index contributed by atoms with van der Waals surface area (Å²) in [5.41, 5.74) is 2.08. The standard InChI is InChI=1S/C18H19NO5/c1-3-23-17(21)15-13-12(16(20)24-18(13)22-2)14-11-7-5-4-6-10(11)8-9-19(14)15/h4-9,12-15,18H,3H2,1-2H3/t12-,13+,14-,15+,18-/m0/s1. The highest BCUT2D eigenvalue weighted by Crippen LogP contribution is 2.53. The van der Waals surface area contributed by atoms with E-state index in [1.807, 2.05) is 41.4 Å². The van der Waals surface area contributed by atoms with Gasteiger partial charge in [-0.3, -0.25) is 4.79 Å². The Hall–Kier alpha value is -2.34. The first kappa shape index (κ1) is 15.2. The Bertz CT molecular complexity index is 715. The Kier molecular flexibility index (Phi) is 3.57. The number of fused-ring (bicyclic) bond motifs is 5. The molecular formula is C18H19NO5. The second kappa shape index (κ2) is 5.63. The van der Waals surface area contributed by atoms with E-state index in [2.05, 4.69) is 0 Å². The maximum atomic E-state index is 12.6. The molecule has 3 aliphatic heterocycles. The van der Waals surface area contributed by atoms with E-state index in [-0.39, 0.29) is 30.5 Å². The summed E-state index contributed by atoms with van der Waals surface area (Å²) < 4.78 is 16.0. The molecule has 3 heterocycles. The molecule has 24 heavy (non-hydrogen) atoms. The summed E-state index contributed by atoms with van der Waals surface area (Å²) >= 11 is 0. The monoisotopic (exact) mass is 329 g/mol. The Morgan fingerprint density at radius 1 is 1.33 bits per heavy atom. The van der Waals surface area contributed by atoms with Crippen molar-refractivity contribution in [2.75, 3.05) is 13.7 Å². The van der Waals surface area contributed by atoms with Crippen LogP contribution in [0.3, 0.4) is 0 Å². The van der Waals surface area contributed by atoms with E-state index in [9.17, 15) is 9.59 Å². The van der Waals surface area contributed by atoms with Gasteiger partial charge in [0.2, 0.25) is 6.29 Å². The van der Waals surface area contributed by atoms with Crippen molar-refractivity contribution in [3.8, 4) is 0 Å². The van der Waals surface area contributed by atoms with Crippen LogP contribution in [0.15, 0.2) is 30.5 Å². The van der Waals surface area contributed by atoms with Crippen molar-refractivity contribution in [3.05, 3.63) is 41.6 Å². The first-order valence-corrected chi connectivity index (χ1v) is 8.12. The van der Waals surface area contributed by atoms with Gasteiger partial charge in [0.05, 0.1) is 24.5 Å². The fraction of sp³-hybridized carbons (Fsp3) is 0.444. The molecule has 6 heteroatoms. The number of esters is 2. The lowest BCUT2D eigenvalue weighted by molar-refractivity contribution is -0.171. The molecule has 2 fully saturated rings. The summed E-state index contributed by atoms with van der Waals surface area (Å²) in [6, 6.07) is 7.06. The average Bonchev–Trinajstić information content (AvgIpc) is 3.10. The molecule has 0 aromatic heterocycles. The smallest absolute Gasteiger partial charge is 0.329 e. The largest absolute Gasteiger partial charge is 0.464 e. The summed E-state index contributed by atoms with van der Waals surface area (Å²) in [7, 11) is 1.49. The third kappa shape index (κ3) is 1.99. The molecule has 0 unspecified atom stereocenters. The van der Waals surface area contributed by atoms with Gasteiger partial charge in [0.25, 0.3) is 0 Å². The van der Waals surface area contributed by atoms with E-state index in [0.29, 0.717) is 0 Å². The van der Waals surface area contributed by atoms with Crippen molar-refractivity contribution in [1.29, 1.82) is 0 Å². The third-order valence-corrected chi connectivity index (χ3v) is 5.08. The van der Waals surface area contributed by atoms with Gasteiger partial charge in [-0.25, -0.2) is 4.79 Å². The van der Waals surface area contributed by atoms with Gasteiger partial charge in [0.15, 0.2) is 0 Å². The second-order valence-electron chi connectivity index (χ2n) is 6.18. The number of benzene rings is 1. The minimum Gasteiger partial charge on any atom is -0.464 e. The van der Waals surface area contributed by atoms with Crippen LogP contribution in [0.4, 0.5) is 0 Å². The number of hydrogen-bond donors (Lipinski definition) is 0. The molecule has 1 aromatic rings. The van der Waals surface area contributed by atoms with Crippen LogP contribution >= 0.6 is 0 Å². The summed E-state index contributed by atoms with van der Waals surface area (Å²) in [5, 5.41) is 0. The molecule has 0 radical (unpaired) electrons. The van der Waals surface area contributed by atoms with Gasteiger partial charge in [-0.05, 0) is 24.1 Å². The lowest BCUT2D eigenvalue weighted by atomic mass is 9.84. The van der Waals surface area contributed by atoms with Crippen molar-refractivity contribution < 1.29 is 23.8 Å². The van der Waals surface area contributed by atoms with Gasteiger partial charge < -0.3 is 19.1 Å². The molecule has 3 aliphatic rings. The lowest BCUT2D eigenvalue weighted by Crippen LogP contribution is -2.43. The van der Waals surface area contributed by atoms with Gasteiger partial charge in [0, 0.05) is 13.3 Å². The van der Waals surface area contributed by atoms with Crippen molar-refractivity contribution in [2.24, 2.45) is 11.8 Å². The molecule has 0 bridgehead atoms. The zero-order valence-corrected chi connectivity index (χ0v) is 13.5. The second-order valence-corrected chi connectivity index (χ2v) is 6.18. The first-order valence-electron chi connectivity index (χ1n) is 8.12. The number of rotatable bonds is 3. The maximum Gasteiger partial charge on any atom is 0.329 e. The van der Waals surface area contributed by atoms with Gasteiger partial charge in [-0.15, -0.1) is 0 Å². The van der Waals surface area contributed by atoms with E-state index in [1.54, 1.807) is 6.92 Å². The van der Waals surface area contributed by atoms with Crippen molar-refractivity contribution in [2.45, 2.75) is 25.3 Å².